The molecule has 3 rings (SSSR count). The number of nitrogens with one attached hydrogen (secondary N) is 2. The Balaban J connectivity index is 1.55. The summed E-state index contributed by atoms with van der Waals surface area (Å²) in [5.41, 5.74) is 5.07. The smallest absolute Gasteiger partial charge is 0.273 e. The summed E-state index contributed by atoms with van der Waals surface area (Å²) in [5, 5.41) is 17.1. The van der Waals surface area contributed by atoms with Gasteiger partial charge >= 0.3 is 0 Å². The van der Waals surface area contributed by atoms with E-state index < -0.39 is 12.0 Å². The van der Waals surface area contributed by atoms with E-state index in [1.165, 1.54) is 6.42 Å². The van der Waals surface area contributed by atoms with Crippen molar-refractivity contribution in [3.05, 3.63) is 65.7 Å². The number of hydrazone groups is 1. The lowest BCUT2D eigenvalue weighted by Gasteiger charge is -2.20. The predicted molar refractivity (Wildman–Crippen MR) is 113 cm³/mol. The number of carbonyl (C=O) groups is 2. The minimum absolute atomic E-state index is 0.0880. The molecule has 2 aromatic carbocycles. The van der Waals surface area contributed by atoms with Crippen LogP contribution in [0.5, 0.6) is 0 Å². The van der Waals surface area contributed by atoms with Gasteiger partial charge in [-0.1, -0.05) is 61.7 Å². The van der Waals surface area contributed by atoms with Crippen LogP contribution < -0.4 is 10.7 Å². The van der Waals surface area contributed by atoms with E-state index in [0.717, 1.165) is 36.9 Å². The van der Waals surface area contributed by atoms with Crippen molar-refractivity contribution in [1.29, 1.82) is 0 Å². The van der Waals surface area contributed by atoms with Gasteiger partial charge in [0.15, 0.2) is 6.10 Å². The zero-order valence-electron chi connectivity index (χ0n) is 16.6. The van der Waals surface area contributed by atoms with Crippen molar-refractivity contribution < 1.29 is 14.7 Å². The van der Waals surface area contributed by atoms with Crippen molar-refractivity contribution in [3.8, 4) is 0 Å². The number of hydrogen-bond acceptors (Lipinski definition) is 4. The highest BCUT2D eigenvalue weighted by Crippen LogP contribution is 2.25. The zero-order valence-corrected chi connectivity index (χ0v) is 16.6. The quantitative estimate of drug-likeness (QED) is 0.515. The number of amides is 2. The lowest BCUT2D eigenvalue weighted by atomic mass is 9.88. The monoisotopic (exact) mass is 393 g/mol. The topological polar surface area (TPSA) is 90.8 Å². The molecular weight excluding hydrogens is 366 g/mol. The van der Waals surface area contributed by atoms with Crippen LogP contribution in [0.4, 0.5) is 5.69 Å². The van der Waals surface area contributed by atoms with Crippen molar-refractivity contribution in [2.24, 2.45) is 11.0 Å². The van der Waals surface area contributed by atoms with Crippen molar-refractivity contribution in [3.63, 3.8) is 0 Å². The SMILES string of the molecule is C/C(=N\NC(=O)C(O)c1ccccc1)c1ccc(NC(=O)C2CCCCC2)cc1. The molecule has 29 heavy (non-hydrogen) atoms. The molecule has 1 unspecified atom stereocenters. The van der Waals surface area contributed by atoms with Gasteiger partial charge in [-0.25, -0.2) is 5.43 Å². The number of nitrogens with zero attached hydrogens (tertiary/aromatic N) is 1. The van der Waals surface area contributed by atoms with Gasteiger partial charge in [-0.15, -0.1) is 0 Å². The van der Waals surface area contributed by atoms with Gasteiger partial charge in [0.25, 0.3) is 5.91 Å². The summed E-state index contributed by atoms with van der Waals surface area (Å²) in [6, 6.07) is 16.0. The van der Waals surface area contributed by atoms with Gasteiger partial charge in [0.1, 0.15) is 0 Å². The summed E-state index contributed by atoms with van der Waals surface area (Å²) in [6.45, 7) is 1.77. The van der Waals surface area contributed by atoms with Gasteiger partial charge < -0.3 is 10.4 Å². The van der Waals surface area contributed by atoms with Crippen LogP contribution in [-0.2, 0) is 9.59 Å². The largest absolute Gasteiger partial charge is 0.378 e. The zero-order chi connectivity index (χ0) is 20.6. The van der Waals surface area contributed by atoms with Gasteiger partial charge in [-0.2, -0.15) is 5.10 Å². The average molecular weight is 393 g/mol. The Morgan fingerprint density at radius 3 is 2.31 bits per heavy atom. The molecule has 0 spiro atoms. The first-order valence-electron chi connectivity index (χ1n) is 10.0. The van der Waals surface area contributed by atoms with Crippen LogP contribution in [0.2, 0.25) is 0 Å². The molecule has 2 amide bonds. The summed E-state index contributed by atoms with van der Waals surface area (Å²) in [6.07, 6.45) is 4.12. The highest BCUT2D eigenvalue weighted by atomic mass is 16.3. The van der Waals surface area contributed by atoms with Gasteiger partial charge in [0, 0.05) is 11.6 Å². The second kappa shape index (κ2) is 9.98. The van der Waals surface area contributed by atoms with Crippen molar-refractivity contribution in [2.75, 3.05) is 5.32 Å². The Kier molecular flexibility index (Phi) is 7.14. The number of anilines is 1. The van der Waals surface area contributed by atoms with Crippen LogP contribution in [-0.4, -0.2) is 22.6 Å². The molecule has 1 aliphatic carbocycles. The summed E-state index contributed by atoms with van der Waals surface area (Å²) < 4.78 is 0. The summed E-state index contributed by atoms with van der Waals surface area (Å²) in [4.78, 5) is 24.4. The molecule has 3 N–H and O–H groups in total. The molecule has 0 radical (unpaired) electrons. The molecule has 152 valence electrons. The number of rotatable bonds is 6. The van der Waals surface area contributed by atoms with Crippen LogP contribution in [0, 0.1) is 5.92 Å². The van der Waals surface area contributed by atoms with Crippen molar-refractivity contribution in [2.45, 2.75) is 45.1 Å². The third kappa shape index (κ3) is 5.74. The second-order valence-corrected chi connectivity index (χ2v) is 7.39. The minimum atomic E-state index is -1.27. The number of aliphatic hydroxyl groups is 1. The predicted octanol–water partition coefficient (Wildman–Crippen LogP) is 3.78. The Hall–Kier alpha value is -2.99. The highest BCUT2D eigenvalue weighted by molar-refractivity contribution is 6.00. The van der Waals surface area contributed by atoms with Gasteiger partial charge in [-0.3, -0.25) is 9.59 Å². The van der Waals surface area contributed by atoms with Crippen molar-refractivity contribution >= 4 is 23.2 Å². The van der Waals surface area contributed by atoms with Gasteiger partial charge in [-0.05, 0) is 43.0 Å². The van der Waals surface area contributed by atoms with Gasteiger partial charge in [0.2, 0.25) is 5.91 Å². The first-order valence-corrected chi connectivity index (χ1v) is 10.0. The molecule has 0 saturated heterocycles. The maximum atomic E-state index is 12.3. The van der Waals surface area contributed by atoms with Crippen LogP contribution in [0.25, 0.3) is 0 Å². The molecule has 1 fully saturated rings. The minimum Gasteiger partial charge on any atom is -0.378 e. The van der Waals surface area contributed by atoms with E-state index in [1.807, 2.05) is 30.3 Å². The summed E-state index contributed by atoms with van der Waals surface area (Å²) in [5.74, 6) is -0.394. The lowest BCUT2D eigenvalue weighted by Crippen LogP contribution is -2.26. The first-order chi connectivity index (χ1) is 14.0. The molecule has 0 bridgehead atoms. The molecular formula is C23H27N3O3. The van der Waals surface area contributed by atoms with Crippen LogP contribution >= 0.6 is 0 Å². The third-order valence-corrected chi connectivity index (χ3v) is 5.24. The fourth-order valence-electron chi connectivity index (χ4n) is 3.46. The number of aliphatic hydroxyl groups excluding tert-OH is 1. The fourth-order valence-corrected chi connectivity index (χ4v) is 3.46. The number of benzene rings is 2. The second-order valence-electron chi connectivity index (χ2n) is 7.39. The van der Waals surface area contributed by atoms with E-state index in [2.05, 4.69) is 15.8 Å². The molecule has 1 aliphatic rings. The molecule has 6 heteroatoms. The van der Waals surface area contributed by atoms with Crippen LogP contribution in [0.15, 0.2) is 59.7 Å². The standard InChI is InChI=1S/C23H27N3O3/c1-16(25-26-23(29)21(27)18-8-4-2-5-9-18)17-12-14-20(15-13-17)24-22(28)19-10-6-3-7-11-19/h2,4-5,8-9,12-15,19,21,27H,3,6-7,10-11H2,1H3,(H,24,28)(H,26,29)/b25-16+. The third-order valence-electron chi connectivity index (χ3n) is 5.24. The van der Waals surface area contributed by atoms with Crippen LogP contribution in [0.3, 0.4) is 0 Å². The van der Waals surface area contributed by atoms with Crippen LogP contribution in [0.1, 0.15) is 56.3 Å². The normalized spacial score (nSPS) is 16.1. The van der Waals surface area contributed by atoms with Gasteiger partial charge in [0.05, 0.1) is 5.71 Å². The Labute approximate surface area is 171 Å². The van der Waals surface area contributed by atoms with E-state index in [-0.39, 0.29) is 11.8 Å². The van der Waals surface area contributed by atoms with Crippen molar-refractivity contribution in [1.82, 2.24) is 5.43 Å². The highest BCUT2D eigenvalue weighted by Gasteiger charge is 2.21. The van der Waals surface area contributed by atoms with E-state index >= 15 is 0 Å². The molecule has 1 saturated carbocycles. The molecule has 0 aliphatic heterocycles. The maximum Gasteiger partial charge on any atom is 0.273 e. The van der Waals surface area contributed by atoms with E-state index in [4.69, 9.17) is 0 Å². The molecule has 0 aromatic heterocycles. The first kappa shape index (κ1) is 20.7. The number of carbonyl (C=O) groups excluding carboxylic acids is 2. The Bertz CT molecular complexity index is 857. The summed E-state index contributed by atoms with van der Waals surface area (Å²) >= 11 is 0. The lowest BCUT2D eigenvalue weighted by molar-refractivity contribution is -0.129. The van der Waals surface area contributed by atoms with E-state index in [0.29, 0.717) is 11.3 Å². The molecule has 2 aromatic rings. The molecule has 0 heterocycles. The Morgan fingerprint density at radius 2 is 1.66 bits per heavy atom. The molecule has 6 nitrogen and oxygen atoms in total. The fraction of sp³-hybridized carbons (Fsp3) is 0.348. The maximum absolute atomic E-state index is 12.3. The average Bonchev–Trinajstić information content (AvgIpc) is 2.78. The van der Waals surface area contributed by atoms with E-state index in [1.54, 1.807) is 31.2 Å². The summed E-state index contributed by atoms with van der Waals surface area (Å²) in [7, 11) is 0. The molecule has 1 atom stereocenters. The number of hydrogen-bond donors (Lipinski definition) is 3. The van der Waals surface area contributed by atoms with E-state index in [9.17, 15) is 14.7 Å². The Morgan fingerprint density at radius 1 is 1.00 bits per heavy atom.